The van der Waals surface area contributed by atoms with Gasteiger partial charge < -0.3 is 9.47 Å². The summed E-state index contributed by atoms with van der Waals surface area (Å²) < 4.78 is 10.3. The fraction of sp³-hybridized carbons (Fsp3) is 0.125. The molecule has 1 heterocycles. The number of aromatic nitrogens is 1. The number of hydrogen-bond acceptors (Lipinski definition) is 4. The lowest BCUT2D eigenvalue weighted by Gasteiger charge is -2.06. The first kappa shape index (κ1) is 16.3. The zero-order chi connectivity index (χ0) is 16.1. The zero-order valence-electron chi connectivity index (χ0n) is 12.0. The lowest BCUT2D eigenvalue weighted by molar-refractivity contribution is 0.104. The molecule has 2 rings (SSSR count). The lowest BCUT2D eigenvalue weighted by atomic mass is 10.1. The van der Waals surface area contributed by atoms with Gasteiger partial charge in [-0.05, 0) is 30.4 Å². The van der Waals surface area contributed by atoms with E-state index < -0.39 is 0 Å². The fourth-order valence-electron chi connectivity index (χ4n) is 1.78. The first-order valence-corrected chi connectivity index (χ1v) is 7.06. The van der Waals surface area contributed by atoms with Crippen molar-refractivity contribution in [1.29, 1.82) is 0 Å². The van der Waals surface area contributed by atoms with E-state index in [2.05, 4.69) is 4.98 Å². The topological polar surface area (TPSA) is 48.4 Å². The second kappa shape index (κ2) is 7.29. The van der Waals surface area contributed by atoms with E-state index in [1.807, 2.05) is 0 Å². The first-order chi connectivity index (χ1) is 10.5. The number of rotatable bonds is 5. The van der Waals surface area contributed by atoms with Crippen LogP contribution in [0.2, 0.25) is 10.0 Å². The Hall–Kier alpha value is -2.04. The largest absolute Gasteiger partial charge is 0.493 e. The van der Waals surface area contributed by atoms with Crippen LogP contribution in [0.5, 0.6) is 11.5 Å². The average Bonchev–Trinajstić information content (AvgIpc) is 2.52. The molecular weight excluding hydrogens is 325 g/mol. The van der Waals surface area contributed by atoms with Crippen LogP contribution in [0.1, 0.15) is 16.1 Å². The minimum Gasteiger partial charge on any atom is -0.493 e. The lowest BCUT2D eigenvalue weighted by Crippen LogP contribution is -1.96. The summed E-state index contributed by atoms with van der Waals surface area (Å²) in [6, 6.07) is 6.40. The van der Waals surface area contributed by atoms with E-state index in [1.165, 1.54) is 32.6 Å². The summed E-state index contributed by atoms with van der Waals surface area (Å²) in [5.41, 5.74) is 0.943. The standard InChI is InChI=1S/C16H13Cl2NO3/c1-21-15-8-11(19-9-16(15)22-2)4-6-14(20)12-5-3-10(17)7-13(12)18/h3-9H,1-2H3. The van der Waals surface area contributed by atoms with Crippen LogP contribution in [0.3, 0.4) is 0 Å². The van der Waals surface area contributed by atoms with Gasteiger partial charge in [0.1, 0.15) is 0 Å². The third kappa shape index (κ3) is 3.78. The summed E-state index contributed by atoms with van der Waals surface area (Å²) >= 11 is 11.8. The molecule has 0 atom stereocenters. The smallest absolute Gasteiger partial charge is 0.187 e. The number of pyridine rings is 1. The molecule has 0 radical (unpaired) electrons. The van der Waals surface area contributed by atoms with E-state index in [-0.39, 0.29) is 5.78 Å². The number of carbonyl (C=O) groups excluding carboxylic acids is 1. The second-order valence-corrected chi connectivity index (χ2v) is 5.13. The van der Waals surface area contributed by atoms with E-state index in [4.69, 9.17) is 32.7 Å². The Morgan fingerprint density at radius 3 is 2.50 bits per heavy atom. The van der Waals surface area contributed by atoms with Crippen molar-refractivity contribution < 1.29 is 14.3 Å². The van der Waals surface area contributed by atoms with E-state index >= 15 is 0 Å². The highest BCUT2D eigenvalue weighted by Crippen LogP contribution is 2.26. The fourth-order valence-corrected chi connectivity index (χ4v) is 2.29. The van der Waals surface area contributed by atoms with Crippen molar-refractivity contribution >= 4 is 35.1 Å². The van der Waals surface area contributed by atoms with Gasteiger partial charge in [-0.25, -0.2) is 0 Å². The molecule has 0 fully saturated rings. The van der Waals surface area contributed by atoms with Gasteiger partial charge in [0.25, 0.3) is 0 Å². The normalized spacial score (nSPS) is 10.7. The molecule has 0 bridgehead atoms. The number of benzene rings is 1. The minimum atomic E-state index is -0.238. The highest BCUT2D eigenvalue weighted by atomic mass is 35.5. The molecule has 0 amide bonds. The molecule has 22 heavy (non-hydrogen) atoms. The van der Waals surface area contributed by atoms with E-state index in [1.54, 1.807) is 24.3 Å². The number of ketones is 1. The number of allylic oxidation sites excluding steroid dienone is 1. The number of ether oxygens (including phenoxy) is 2. The summed E-state index contributed by atoms with van der Waals surface area (Å²) in [5, 5.41) is 0.787. The number of nitrogens with zero attached hydrogens (tertiary/aromatic N) is 1. The Bertz CT molecular complexity index is 729. The Morgan fingerprint density at radius 1 is 1.14 bits per heavy atom. The quantitative estimate of drug-likeness (QED) is 0.602. The molecule has 1 aromatic carbocycles. The molecule has 0 aliphatic rings. The first-order valence-electron chi connectivity index (χ1n) is 6.30. The SMILES string of the molecule is COc1cnc(C=CC(=O)c2ccc(Cl)cc2Cl)cc1OC. The van der Waals surface area contributed by atoms with Crippen LogP contribution in [0.25, 0.3) is 6.08 Å². The van der Waals surface area contributed by atoms with Crippen molar-refractivity contribution in [3.63, 3.8) is 0 Å². The third-order valence-electron chi connectivity index (χ3n) is 2.89. The molecule has 0 aliphatic carbocycles. The maximum atomic E-state index is 12.1. The molecule has 0 saturated carbocycles. The molecule has 6 heteroatoms. The van der Waals surface area contributed by atoms with Gasteiger partial charge in [0.15, 0.2) is 17.3 Å². The van der Waals surface area contributed by atoms with Gasteiger partial charge in [-0.2, -0.15) is 0 Å². The maximum Gasteiger partial charge on any atom is 0.187 e. The van der Waals surface area contributed by atoms with Crippen molar-refractivity contribution in [2.75, 3.05) is 14.2 Å². The number of hydrogen-bond donors (Lipinski definition) is 0. The number of methoxy groups -OCH3 is 2. The van der Waals surface area contributed by atoms with E-state index in [0.717, 1.165) is 0 Å². The average molecular weight is 338 g/mol. The van der Waals surface area contributed by atoms with Crippen LogP contribution in [0.4, 0.5) is 0 Å². The van der Waals surface area contributed by atoms with Crippen molar-refractivity contribution in [2.24, 2.45) is 0 Å². The van der Waals surface area contributed by atoms with Crippen LogP contribution in [-0.4, -0.2) is 25.0 Å². The van der Waals surface area contributed by atoms with Gasteiger partial charge in [0.2, 0.25) is 0 Å². The Labute approximate surface area is 138 Å². The van der Waals surface area contributed by atoms with Crippen molar-refractivity contribution in [1.82, 2.24) is 4.98 Å². The molecule has 0 unspecified atom stereocenters. The summed E-state index contributed by atoms with van der Waals surface area (Å²) in [6.45, 7) is 0. The van der Waals surface area contributed by atoms with Gasteiger partial charge in [-0.1, -0.05) is 23.2 Å². The number of carbonyl (C=O) groups is 1. The van der Waals surface area contributed by atoms with E-state index in [0.29, 0.717) is 32.8 Å². The molecule has 0 saturated heterocycles. The summed E-state index contributed by atoms with van der Waals surface area (Å²) in [6.07, 6.45) is 4.50. The highest BCUT2D eigenvalue weighted by molar-refractivity contribution is 6.37. The van der Waals surface area contributed by atoms with Crippen LogP contribution < -0.4 is 9.47 Å². The Morgan fingerprint density at radius 2 is 1.86 bits per heavy atom. The van der Waals surface area contributed by atoms with Gasteiger partial charge in [0, 0.05) is 16.7 Å². The molecular formula is C16H13Cl2NO3. The molecule has 2 aromatic rings. The predicted molar refractivity (Wildman–Crippen MR) is 87.2 cm³/mol. The Balaban J connectivity index is 2.22. The third-order valence-corrected chi connectivity index (χ3v) is 3.44. The minimum absolute atomic E-state index is 0.238. The molecule has 4 nitrogen and oxygen atoms in total. The van der Waals surface area contributed by atoms with Crippen LogP contribution >= 0.6 is 23.2 Å². The van der Waals surface area contributed by atoms with Crippen molar-refractivity contribution in [3.05, 3.63) is 57.8 Å². The molecule has 1 aromatic heterocycles. The molecule has 0 N–H and O–H groups in total. The maximum absolute atomic E-state index is 12.1. The summed E-state index contributed by atoms with van der Waals surface area (Å²) in [4.78, 5) is 16.3. The summed E-state index contributed by atoms with van der Waals surface area (Å²) in [7, 11) is 3.06. The van der Waals surface area contributed by atoms with Crippen LogP contribution in [0, 0.1) is 0 Å². The van der Waals surface area contributed by atoms with Crippen molar-refractivity contribution in [2.45, 2.75) is 0 Å². The molecule has 0 aliphatic heterocycles. The molecule has 0 spiro atoms. The highest BCUT2D eigenvalue weighted by Gasteiger charge is 2.08. The molecule has 114 valence electrons. The Kier molecular flexibility index (Phi) is 5.41. The number of halogens is 2. The predicted octanol–water partition coefficient (Wildman–Crippen LogP) is 4.30. The van der Waals surface area contributed by atoms with Gasteiger partial charge >= 0.3 is 0 Å². The van der Waals surface area contributed by atoms with Crippen molar-refractivity contribution in [3.8, 4) is 11.5 Å². The second-order valence-electron chi connectivity index (χ2n) is 4.29. The van der Waals surface area contributed by atoms with E-state index in [9.17, 15) is 4.79 Å². The van der Waals surface area contributed by atoms with Gasteiger partial charge in [-0.3, -0.25) is 9.78 Å². The van der Waals surface area contributed by atoms with Crippen LogP contribution in [-0.2, 0) is 0 Å². The van der Waals surface area contributed by atoms with Gasteiger partial charge in [-0.15, -0.1) is 0 Å². The van der Waals surface area contributed by atoms with Crippen LogP contribution in [0.15, 0.2) is 36.5 Å². The monoisotopic (exact) mass is 337 g/mol. The summed E-state index contributed by atoms with van der Waals surface area (Å²) in [5.74, 6) is 0.819. The van der Waals surface area contributed by atoms with Gasteiger partial charge in [0.05, 0.1) is 31.1 Å². The zero-order valence-corrected chi connectivity index (χ0v) is 13.5.